The van der Waals surface area contributed by atoms with Crippen LogP contribution in [-0.4, -0.2) is 27.1 Å². The molecule has 0 unspecified atom stereocenters. The summed E-state index contributed by atoms with van der Waals surface area (Å²) in [4.78, 5) is 8.80. The number of rotatable bonds is 3. The van der Waals surface area contributed by atoms with E-state index in [4.69, 9.17) is 18.9 Å². The van der Waals surface area contributed by atoms with Gasteiger partial charge in [-0.05, 0) is 66.1 Å². The third kappa shape index (κ3) is 4.79. The van der Waals surface area contributed by atoms with E-state index in [9.17, 15) is 0 Å². The first-order valence-electron chi connectivity index (χ1n) is 10.5. The molecule has 0 radical (unpaired) electrons. The minimum absolute atomic E-state index is 0.440. The highest BCUT2D eigenvalue weighted by atomic mass is 79.9. The monoisotopic (exact) mass is 512 g/mol. The molecule has 166 valence electrons. The molecule has 8 heteroatoms. The summed E-state index contributed by atoms with van der Waals surface area (Å²) in [5, 5.41) is 18.0. The molecule has 0 saturated carbocycles. The van der Waals surface area contributed by atoms with Crippen molar-refractivity contribution >= 4 is 50.7 Å². The Balaban J connectivity index is 0.000000142. The molecule has 4 aromatic carbocycles. The van der Waals surface area contributed by atoms with E-state index in [1.54, 1.807) is 24.3 Å². The Labute approximate surface area is 203 Å². The van der Waals surface area contributed by atoms with Crippen LogP contribution in [-0.2, 0) is 0 Å². The van der Waals surface area contributed by atoms with Gasteiger partial charge in [-0.15, -0.1) is 0 Å². The second-order valence-corrected chi connectivity index (χ2v) is 8.39. The predicted molar refractivity (Wildman–Crippen MR) is 136 cm³/mol. The van der Waals surface area contributed by atoms with Gasteiger partial charge in [0.25, 0.3) is 0 Å². The quantitative estimate of drug-likeness (QED) is 0.307. The van der Waals surface area contributed by atoms with Crippen molar-refractivity contribution < 1.29 is 18.9 Å². The highest BCUT2D eigenvalue weighted by Crippen LogP contribution is 2.25. The van der Waals surface area contributed by atoms with Crippen LogP contribution in [0.4, 0.5) is 0 Å². The van der Waals surface area contributed by atoms with E-state index in [-0.39, 0.29) is 0 Å². The average molecular weight is 513 g/mol. The van der Waals surface area contributed by atoms with Crippen molar-refractivity contribution in [2.75, 3.05) is 0 Å². The van der Waals surface area contributed by atoms with E-state index in [0.717, 1.165) is 37.8 Å². The van der Waals surface area contributed by atoms with E-state index >= 15 is 0 Å². The predicted octanol–water partition coefficient (Wildman–Crippen LogP) is 5.43. The lowest BCUT2D eigenvalue weighted by molar-refractivity contribution is 0.426. The number of aromatic nitrogens is 2. The van der Waals surface area contributed by atoms with Crippen LogP contribution >= 0.6 is 15.9 Å². The second kappa shape index (κ2) is 9.65. The number of halogens is 1. The molecular formula is C26H18BBrN2O4. The highest BCUT2D eigenvalue weighted by molar-refractivity contribution is 9.10. The molecule has 0 aliphatic carbocycles. The summed E-state index contributed by atoms with van der Waals surface area (Å²) in [5.74, 6) is 1.18. The smallest absolute Gasteiger partial charge is 0.436 e. The van der Waals surface area contributed by atoms with Crippen LogP contribution in [0.1, 0.15) is 0 Å². The Morgan fingerprint density at radius 3 is 1.47 bits per heavy atom. The molecule has 34 heavy (non-hydrogen) atoms. The summed E-state index contributed by atoms with van der Waals surface area (Å²) in [6, 6.07) is 30.0. The Morgan fingerprint density at radius 2 is 1.03 bits per heavy atom. The van der Waals surface area contributed by atoms with Gasteiger partial charge >= 0.3 is 7.12 Å². The van der Waals surface area contributed by atoms with Gasteiger partial charge in [0, 0.05) is 15.6 Å². The van der Waals surface area contributed by atoms with Gasteiger partial charge in [0.2, 0.25) is 11.8 Å². The number of fused-ring (bicyclic) bond motifs is 2. The normalized spacial score (nSPS) is 10.8. The summed E-state index contributed by atoms with van der Waals surface area (Å²) in [7, 11) is -1.46. The van der Waals surface area contributed by atoms with Gasteiger partial charge in [-0.25, -0.2) is 9.97 Å². The largest absolute Gasteiger partial charge is 0.488 e. The van der Waals surface area contributed by atoms with Gasteiger partial charge in [-0.3, -0.25) is 0 Å². The maximum absolute atomic E-state index is 9.02. The first-order chi connectivity index (χ1) is 16.6. The molecule has 6 aromatic rings. The zero-order valence-corrected chi connectivity index (χ0v) is 19.4. The molecule has 2 aromatic heterocycles. The molecular weight excluding hydrogens is 495 g/mol. The van der Waals surface area contributed by atoms with E-state index in [2.05, 4.69) is 25.9 Å². The van der Waals surface area contributed by atoms with Gasteiger partial charge in [0.1, 0.15) is 11.0 Å². The van der Waals surface area contributed by atoms with E-state index < -0.39 is 7.12 Å². The minimum Gasteiger partial charge on any atom is -0.436 e. The molecule has 0 aliphatic heterocycles. The van der Waals surface area contributed by atoms with Crippen molar-refractivity contribution in [1.29, 1.82) is 0 Å². The number of hydrogen-bond acceptors (Lipinski definition) is 6. The summed E-state index contributed by atoms with van der Waals surface area (Å²) < 4.78 is 12.3. The lowest BCUT2D eigenvalue weighted by Gasteiger charge is -1.99. The molecule has 2 heterocycles. The second-order valence-electron chi connectivity index (χ2n) is 7.48. The van der Waals surface area contributed by atoms with Crippen LogP contribution in [0.5, 0.6) is 0 Å². The van der Waals surface area contributed by atoms with Crippen LogP contribution in [0.15, 0.2) is 110 Å². The fraction of sp³-hybridized carbons (Fsp3) is 0. The summed E-state index contributed by atoms with van der Waals surface area (Å²) in [6.07, 6.45) is 0. The van der Waals surface area contributed by atoms with Crippen LogP contribution in [0, 0.1) is 0 Å². The summed E-state index contributed by atoms with van der Waals surface area (Å²) in [6.45, 7) is 0. The summed E-state index contributed by atoms with van der Waals surface area (Å²) in [5.41, 5.74) is 5.48. The molecule has 6 rings (SSSR count). The van der Waals surface area contributed by atoms with Gasteiger partial charge < -0.3 is 18.9 Å². The third-order valence-corrected chi connectivity index (χ3v) is 5.66. The molecule has 0 spiro atoms. The van der Waals surface area contributed by atoms with Crippen LogP contribution in [0.3, 0.4) is 0 Å². The first-order valence-corrected chi connectivity index (χ1v) is 11.3. The third-order valence-electron chi connectivity index (χ3n) is 5.13. The zero-order chi connectivity index (χ0) is 23.5. The molecule has 0 bridgehead atoms. The van der Waals surface area contributed by atoms with Crippen molar-refractivity contribution in [3.05, 3.63) is 102 Å². The highest BCUT2D eigenvalue weighted by Gasteiger charge is 2.12. The van der Waals surface area contributed by atoms with Crippen LogP contribution in [0.2, 0.25) is 0 Å². The maximum atomic E-state index is 9.02. The topological polar surface area (TPSA) is 92.5 Å². The van der Waals surface area contributed by atoms with Crippen molar-refractivity contribution in [2.45, 2.75) is 0 Å². The lowest BCUT2D eigenvalue weighted by atomic mass is 9.80. The van der Waals surface area contributed by atoms with Gasteiger partial charge in [-0.2, -0.15) is 0 Å². The van der Waals surface area contributed by atoms with Crippen molar-refractivity contribution in [3.63, 3.8) is 0 Å². The molecule has 0 aliphatic rings. The molecule has 6 nitrogen and oxygen atoms in total. The van der Waals surface area contributed by atoms with Gasteiger partial charge in [0.15, 0.2) is 11.2 Å². The van der Waals surface area contributed by atoms with Crippen LogP contribution in [0.25, 0.3) is 45.1 Å². The van der Waals surface area contributed by atoms with Gasteiger partial charge in [-0.1, -0.05) is 52.3 Å². The zero-order valence-electron chi connectivity index (χ0n) is 17.8. The van der Waals surface area contributed by atoms with Crippen molar-refractivity contribution in [2.24, 2.45) is 0 Å². The Bertz CT molecular complexity index is 1480. The fourth-order valence-corrected chi connectivity index (χ4v) is 3.65. The average Bonchev–Trinajstić information content (AvgIpc) is 3.49. The van der Waals surface area contributed by atoms with Crippen molar-refractivity contribution in [1.82, 2.24) is 9.97 Å². The Kier molecular flexibility index (Phi) is 6.27. The number of nitrogens with zero attached hydrogens (tertiary/aromatic N) is 2. The minimum atomic E-state index is -1.46. The van der Waals surface area contributed by atoms with Crippen molar-refractivity contribution in [3.8, 4) is 22.9 Å². The SMILES string of the molecule is Brc1ccc(-c2nc3ccccc3o2)cc1.OB(O)c1ccc(-c2nc3ccccc3o2)cc1. The lowest BCUT2D eigenvalue weighted by Crippen LogP contribution is -2.29. The standard InChI is InChI=1S/C13H10BNO3.C13H8BrNO/c16-14(17)10-7-5-9(6-8-10)13-15-11-3-1-2-4-12(11)18-13;14-10-7-5-9(6-8-10)13-15-11-3-1-2-4-12(11)16-13/h1-8,16-17H;1-8H. The molecule has 0 saturated heterocycles. The number of hydrogen-bond donors (Lipinski definition) is 2. The summed E-state index contributed by atoms with van der Waals surface area (Å²) >= 11 is 3.40. The molecule has 0 atom stereocenters. The molecule has 0 fully saturated rings. The van der Waals surface area contributed by atoms with Gasteiger partial charge in [0.05, 0.1) is 0 Å². The maximum Gasteiger partial charge on any atom is 0.488 e. The number of benzene rings is 4. The number of para-hydroxylation sites is 4. The first kappa shape index (κ1) is 22.1. The van der Waals surface area contributed by atoms with E-state index in [0.29, 0.717) is 17.2 Å². The molecule has 2 N–H and O–H groups in total. The number of oxazole rings is 2. The Hall–Kier alpha value is -3.72. The van der Waals surface area contributed by atoms with E-state index in [1.807, 2.05) is 72.8 Å². The van der Waals surface area contributed by atoms with Crippen LogP contribution < -0.4 is 5.46 Å². The Morgan fingerprint density at radius 1 is 0.588 bits per heavy atom. The fourth-order valence-electron chi connectivity index (χ4n) is 3.38. The van der Waals surface area contributed by atoms with E-state index in [1.165, 1.54) is 0 Å². The molecule has 0 amide bonds.